The molecular formula is C20H18F3N3O2S. The summed E-state index contributed by atoms with van der Waals surface area (Å²) in [5.74, 6) is -2.59. The zero-order chi connectivity index (χ0) is 20.8. The zero-order valence-electron chi connectivity index (χ0n) is 15.5. The van der Waals surface area contributed by atoms with Crippen molar-refractivity contribution in [3.63, 3.8) is 0 Å². The molecule has 9 heteroatoms. The van der Waals surface area contributed by atoms with E-state index in [0.29, 0.717) is 18.5 Å². The first-order chi connectivity index (χ1) is 13.9. The Labute approximate surface area is 169 Å². The Kier molecular flexibility index (Phi) is 5.04. The third kappa shape index (κ3) is 3.08. The molecule has 4 rings (SSSR count). The smallest absolute Gasteiger partial charge is 0.241 e. The van der Waals surface area contributed by atoms with Crippen LogP contribution in [0, 0.1) is 23.4 Å². The second-order valence-corrected chi connectivity index (χ2v) is 8.07. The summed E-state index contributed by atoms with van der Waals surface area (Å²) in [6, 6.07) is 7.48. The van der Waals surface area contributed by atoms with Crippen LogP contribution < -0.4 is 10.5 Å². The number of ether oxygens (including phenoxy) is 1. The quantitative estimate of drug-likeness (QED) is 0.823. The first-order valence-electron chi connectivity index (χ1n) is 9.04. The maximum absolute atomic E-state index is 14.5. The molecular weight excluding hydrogens is 403 g/mol. The van der Waals surface area contributed by atoms with Crippen molar-refractivity contribution in [1.29, 1.82) is 0 Å². The number of nitrogens with zero attached hydrogens (tertiary/aromatic N) is 2. The lowest BCUT2D eigenvalue weighted by Crippen LogP contribution is -2.51. The van der Waals surface area contributed by atoms with E-state index in [4.69, 9.17) is 10.5 Å². The van der Waals surface area contributed by atoms with Gasteiger partial charge in [0.1, 0.15) is 16.7 Å². The molecule has 2 aliphatic heterocycles. The van der Waals surface area contributed by atoms with Gasteiger partial charge in [-0.25, -0.2) is 18.2 Å². The number of nitrogens with two attached hydrogens (primary N) is 1. The normalized spacial score (nSPS) is 23.0. The number of thioether (sulfide) groups is 1. The molecule has 1 unspecified atom stereocenters. The first kappa shape index (κ1) is 19.8. The number of rotatable bonds is 3. The van der Waals surface area contributed by atoms with E-state index in [9.17, 15) is 18.0 Å². The minimum absolute atomic E-state index is 0.0238. The number of hydrazone groups is 1. The van der Waals surface area contributed by atoms with Crippen LogP contribution in [0.5, 0.6) is 5.75 Å². The van der Waals surface area contributed by atoms with E-state index in [0.717, 1.165) is 30.0 Å². The first-order valence-corrected chi connectivity index (χ1v) is 9.85. The van der Waals surface area contributed by atoms with Crippen LogP contribution in [-0.4, -0.2) is 29.1 Å². The summed E-state index contributed by atoms with van der Waals surface area (Å²) in [5, 5.41) is 5.69. The molecule has 0 aromatic heterocycles. The lowest BCUT2D eigenvalue weighted by molar-refractivity contribution is -0.134. The highest BCUT2D eigenvalue weighted by atomic mass is 32.2. The molecule has 2 N–H and O–H groups in total. The molecule has 152 valence electrons. The van der Waals surface area contributed by atoms with Gasteiger partial charge in [-0.1, -0.05) is 23.9 Å². The molecule has 2 atom stereocenters. The van der Waals surface area contributed by atoms with E-state index in [1.807, 2.05) is 0 Å². The number of fused-ring (bicyclic) bond motifs is 2. The molecule has 29 heavy (non-hydrogen) atoms. The fourth-order valence-corrected chi connectivity index (χ4v) is 5.37. The number of carbonyl (C=O) groups is 1. The van der Waals surface area contributed by atoms with E-state index < -0.39 is 28.2 Å². The van der Waals surface area contributed by atoms with Gasteiger partial charge in [0, 0.05) is 24.0 Å². The van der Waals surface area contributed by atoms with Crippen LogP contribution in [0.3, 0.4) is 0 Å². The second-order valence-electron chi connectivity index (χ2n) is 6.86. The topological polar surface area (TPSA) is 67.9 Å². The summed E-state index contributed by atoms with van der Waals surface area (Å²) < 4.78 is 48.4. The van der Waals surface area contributed by atoms with E-state index in [1.54, 1.807) is 6.07 Å². The van der Waals surface area contributed by atoms with Gasteiger partial charge in [-0.3, -0.25) is 4.79 Å². The highest BCUT2D eigenvalue weighted by Gasteiger charge is 2.56. The summed E-state index contributed by atoms with van der Waals surface area (Å²) in [7, 11) is 0. The number of halogens is 3. The molecule has 2 aliphatic rings. The van der Waals surface area contributed by atoms with Crippen molar-refractivity contribution in [3.8, 4) is 5.75 Å². The Hall–Kier alpha value is -2.52. The van der Waals surface area contributed by atoms with Gasteiger partial charge >= 0.3 is 0 Å². The van der Waals surface area contributed by atoms with Gasteiger partial charge in [0.15, 0.2) is 16.4 Å². The van der Waals surface area contributed by atoms with Crippen molar-refractivity contribution in [3.05, 3.63) is 65.0 Å². The van der Waals surface area contributed by atoms with Gasteiger partial charge in [-0.2, -0.15) is 5.10 Å². The van der Waals surface area contributed by atoms with Gasteiger partial charge in [0.05, 0.1) is 6.61 Å². The summed E-state index contributed by atoms with van der Waals surface area (Å²) in [6.45, 7) is 1.73. The highest BCUT2D eigenvalue weighted by molar-refractivity contribution is 8.15. The molecule has 0 aliphatic carbocycles. The Bertz CT molecular complexity index is 1020. The van der Waals surface area contributed by atoms with Crippen LogP contribution >= 0.6 is 11.8 Å². The highest BCUT2D eigenvalue weighted by Crippen LogP contribution is 2.57. The predicted molar refractivity (Wildman–Crippen MR) is 104 cm³/mol. The molecule has 2 aromatic carbocycles. The monoisotopic (exact) mass is 421 g/mol. The van der Waals surface area contributed by atoms with Crippen molar-refractivity contribution in [2.24, 2.45) is 16.8 Å². The van der Waals surface area contributed by atoms with Crippen molar-refractivity contribution in [2.45, 2.75) is 18.2 Å². The van der Waals surface area contributed by atoms with Crippen LogP contribution in [0.4, 0.5) is 13.2 Å². The molecule has 0 saturated carbocycles. The molecule has 5 nitrogen and oxygen atoms in total. The Balaban J connectivity index is 1.92. The van der Waals surface area contributed by atoms with E-state index in [1.165, 1.54) is 24.1 Å². The maximum atomic E-state index is 14.5. The molecule has 1 spiro atoms. The number of amides is 1. The van der Waals surface area contributed by atoms with Crippen LogP contribution in [0.25, 0.3) is 0 Å². The molecule has 2 heterocycles. The largest absolute Gasteiger partial charge is 0.490 e. The SMILES string of the molecule is CC(=O)N1N=C(c2cc(F)ccc2F)SC12c1cccc(F)c1OC[C@H]2CCN. The third-order valence-corrected chi connectivity index (χ3v) is 6.60. The fourth-order valence-electron chi connectivity index (χ4n) is 3.81. The van der Waals surface area contributed by atoms with Gasteiger partial charge in [0.2, 0.25) is 5.91 Å². The number of carbonyl (C=O) groups excluding carboxylic acids is 1. The zero-order valence-corrected chi connectivity index (χ0v) is 16.3. The Morgan fingerprint density at radius 3 is 2.83 bits per heavy atom. The Morgan fingerprint density at radius 1 is 1.31 bits per heavy atom. The summed E-state index contributed by atoms with van der Waals surface area (Å²) in [4.78, 5) is 11.4. The van der Waals surface area contributed by atoms with Crippen LogP contribution in [0.15, 0.2) is 41.5 Å². The number of benzene rings is 2. The van der Waals surface area contributed by atoms with E-state index in [2.05, 4.69) is 5.10 Å². The van der Waals surface area contributed by atoms with Crippen LogP contribution in [0.2, 0.25) is 0 Å². The Morgan fingerprint density at radius 2 is 2.10 bits per heavy atom. The molecule has 2 aromatic rings. The number of hydrogen-bond donors (Lipinski definition) is 1. The fraction of sp³-hybridized carbons (Fsp3) is 0.300. The van der Waals surface area contributed by atoms with Crippen LogP contribution in [0.1, 0.15) is 24.5 Å². The minimum Gasteiger partial charge on any atom is -0.490 e. The summed E-state index contributed by atoms with van der Waals surface area (Å²) in [5.41, 5.74) is 6.14. The summed E-state index contributed by atoms with van der Waals surface area (Å²) >= 11 is 1.09. The minimum atomic E-state index is -1.17. The molecule has 0 fully saturated rings. The van der Waals surface area contributed by atoms with Crippen molar-refractivity contribution in [2.75, 3.05) is 13.2 Å². The van der Waals surface area contributed by atoms with Gasteiger partial charge in [-0.05, 0) is 37.2 Å². The molecule has 0 bridgehead atoms. The molecule has 0 saturated heterocycles. The van der Waals surface area contributed by atoms with Gasteiger partial charge in [-0.15, -0.1) is 0 Å². The van der Waals surface area contributed by atoms with Crippen molar-refractivity contribution < 1.29 is 22.7 Å². The van der Waals surface area contributed by atoms with Gasteiger partial charge in [0.25, 0.3) is 0 Å². The lowest BCUT2D eigenvalue weighted by Gasteiger charge is -2.45. The molecule has 0 radical (unpaired) electrons. The standard InChI is InChI=1S/C20H18F3N3O2S/c1-11(27)26-20(29-19(25-26)14-9-13(21)5-6-16(14)22)12(7-8-24)10-28-18-15(20)3-2-4-17(18)23/h2-6,9,12H,7-8,10,24H2,1H3/t12-,20?/m1/s1. The average molecular weight is 421 g/mol. The van der Waals surface area contributed by atoms with E-state index in [-0.39, 0.29) is 28.9 Å². The number of hydrogen-bond acceptors (Lipinski definition) is 5. The second kappa shape index (κ2) is 7.38. The predicted octanol–water partition coefficient (Wildman–Crippen LogP) is 3.57. The maximum Gasteiger partial charge on any atom is 0.241 e. The van der Waals surface area contributed by atoms with Crippen molar-refractivity contribution in [1.82, 2.24) is 5.01 Å². The average Bonchev–Trinajstić information content (AvgIpc) is 3.08. The molecule has 1 amide bonds. The van der Waals surface area contributed by atoms with Crippen LogP contribution in [-0.2, 0) is 9.67 Å². The van der Waals surface area contributed by atoms with Crippen molar-refractivity contribution >= 4 is 22.7 Å². The number of para-hydroxylation sites is 1. The third-order valence-electron chi connectivity index (χ3n) is 5.07. The lowest BCUT2D eigenvalue weighted by atomic mass is 9.86. The van der Waals surface area contributed by atoms with Gasteiger partial charge < -0.3 is 10.5 Å². The van der Waals surface area contributed by atoms with E-state index >= 15 is 0 Å². The summed E-state index contributed by atoms with van der Waals surface area (Å²) in [6.07, 6.45) is 0.459.